The Morgan fingerprint density at radius 3 is 2.67 bits per heavy atom. The van der Waals surface area contributed by atoms with Crippen molar-refractivity contribution in [3.05, 3.63) is 36.2 Å². The maximum Gasteiger partial charge on any atom is 0.183 e. The maximum atomic E-state index is 12.9. The van der Waals surface area contributed by atoms with Crippen molar-refractivity contribution in [1.29, 1.82) is 0 Å². The van der Waals surface area contributed by atoms with Crippen LogP contribution < -0.4 is 0 Å². The Balaban J connectivity index is 1.56. The summed E-state index contributed by atoms with van der Waals surface area (Å²) in [7, 11) is -1.30. The lowest BCUT2D eigenvalue weighted by molar-refractivity contribution is 0.157. The van der Waals surface area contributed by atoms with Gasteiger partial charge >= 0.3 is 0 Å². The molecule has 0 radical (unpaired) electrons. The number of hydrogen-bond donors (Lipinski definition) is 0. The molecule has 2 atom stereocenters. The third-order valence-electron chi connectivity index (χ3n) is 6.04. The molecule has 0 spiro atoms. The minimum Gasteiger partial charge on any atom is -0.298 e. The Labute approximate surface area is 142 Å². The van der Waals surface area contributed by atoms with E-state index in [1.165, 1.54) is 19.3 Å². The van der Waals surface area contributed by atoms with Crippen LogP contribution in [0.15, 0.2) is 35.5 Å². The molecule has 2 aliphatic heterocycles. The molecule has 3 aliphatic rings. The number of likely N-dealkylation sites (tertiary alicyclic amines) is 1. The summed E-state index contributed by atoms with van der Waals surface area (Å²) in [6, 6.07) is 6.41. The minimum absolute atomic E-state index is 0.127. The van der Waals surface area contributed by atoms with E-state index in [0.717, 1.165) is 23.2 Å². The smallest absolute Gasteiger partial charge is 0.183 e. The van der Waals surface area contributed by atoms with Crippen molar-refractivity contribution in [3.8, 4) is 11.1 Å². The van der Waals surface area contributed by atoms with Crippen LogP contribution in [0.5, 0.6) is 0 Å². The number of hydrogen-bond acceptors (Lipinski definition) is 4. The lowest BCUT2D eigenvalue weighted by Crippen LogP contribution is -2.39. The highest BCUT2D eigenvalue weighted by atomic mass is 32.2. The summed E-state index contributed by atoms with van der Waals surface area (Å²) in [5.74, 6) is 0.127. The minimum atomic E-state index is -3.19. The quantitative estimate of drug-likeness (QED) is 0.839. The average molecular weight is 343 g/mol. The van der Waals surface area contributed by atoms with E-state index in [-0.39, 0.29) is 11.2 Å². The second-order valence-electron chi connectivity index (χ2n) is 7.38. The van der Waals surface area contributed by atoms with Crippen LogP contribution in [0.1, 0.15) is 30.7 Å². The molecule has 1 aromatic carbocycles. The van der Waals surface area contributed by atoms with Gasteiger partial charge in [-0.3, -0.25) is 9.58 Å². The molecule has 126 valence electrons. The molecule has 5 nitrogen and oxygen atoms in total. The van der Waals surface area contributed by atoms with Crippen LogP contribution in [-0.2, 0) is 16.9 Å². The molecule has 1 aliphatic carbocycles. The highest BCUT2D eigenvalue weighted by Crippen LogP contribution is 2.47. The Morgan fingerprint density at radius 2 is 2.00 bits per heavy atom. The van der Waals surface area contributed by atoms with Gasteiger partial charge in [-0.15, -0.1) is 0 Å². The summed E-state index contributed by atoms with van der Waals surface area (Å²) in [4.78, 5) is 2.97. The largest absolute Gasteiger partial charge is 0.298 e. The van der Waals surface area contributed by atoms with E-state index in [1.54, 1.807) is 10.7 Å². The van der Waals surface area contributed by atoms with E-state index in [9.17, 15) is 8.42 Å². The second kappa shape index (κ2) is 4.92. The first-order valence-electron chi connectivity index (χ1n) is 8.65. The number of rotatable bonds is 2. The van der Waals surface area contributed by atoms with Crippen molar-refractivity contribution in [2.24, 2.45) is 7.05 Å². The van der Waals surface area contributed by atoms with Crippen molar-refractivity contribution in [3.63, 3.8) is 0 Å². The molecular formula is C18H21N3O2S. The molecule has 3 heterocycles. The Kier molecular flexibility index (Phi) is 3.01. The van der Waals surface area contributed by atoms with Gasteiger partial charge in [0.25, 0.3) is 0 Å². The monoisotopic (exact) mass is 343 g/mol. The van der Waals surface area contributed by atoms with Crippen molar-refractivity contribution < 1.29 is 8.42 Å². The van der Waals surface area contributed by atoms with Crippen LogP contribution in [0.2, 0.25) is 0 Å². The highest BCUT2D eigenvalue weighted by molar-refractivity contribution is 7.92. The maximum absolute atomic E-state index is 12.9. The number of benzene rings is 1. The predicted molar refractivity (Wildman–Crippen MR) is 91.6 cm³/mol. The first-order chi connectivity index (χ1) is 11.5. The van der Waals surface area contributed by atoms with Gasteiger partial charge in [0.2, 0.25) is 0 Å². The molecule has 0 amide bonds. The fourth-order valence-electron chi connectivity index (χ4n) is 4.48. The molecule has 6 heteroatoms. The van der Waals surface area contributed by atoms with E-state index >= 15 is 0 Å². The zero-order chi connectivity index (χ0) is 16.5. The Morgan fingerprint density at radius 1 is 1.17 bits per heavy atom. The summed E-state index contributed by atoms with van der Waals surface area (Å²) in [6.07, 6.45) is 7.53. The topological polar surface area (TPSA) is 55.2 Å². The van der Waals surface area contributed by atoms with Gasteiger partial charge in [0.05, 0.1) is 16.3 Å². The number of aryl methyl sites for hydroxylation is 1. The van der Waals surface area contributed by atoms with Gasteiger partial charge in [-0.2, -0.15) is 5.10 Å². The Bertz CT molecular complexity index is 914. The fraction of sp³-hybridized carbons (Fsp3) is 0.500. The number of fused-ring (bicyclic) bond motifs is 3. The highest BCUT2D eigenvalue weighted by Gasteiger charge is 2.51. The summed E-state index contributed by atoms with van der Waals surface area (Å²) in [6.45, 7) is 1.59. The summed E-state index contributed by atoms with van der Waals surface area (Å²) in [5, 5.41) is 3.97. The fourth-order valence-corrected chi connectivity index (χ4v) is 6.65. The molecule has 1 saturated carbocycles. The van der Waals surface area contributed by atoms with E-state index in [4.69, 9.17) is 0 Å². The summed E-state index contributed by atoms with van der Waals surface area (Å²) < 4.78 is 27.7. The molecule has 2 unspecified atom stereocenters. The molecule has 5 rings (SSSR count). The van der Waals surface area contributed by atoms with E-state index in [1.807, 2.05) is 25.5 Å². The molecule has 2 fully saturated rings. The van der Waals surface area contributed by atoms with Crippen molar-refractivity contribution in [1.82, 2.24) is 14.7 Å². The van der Waals surface area contributed by atoms with Crippen LogP contribution in [0.3, 0.4) is 0 Å². The standard InChI is InChI=1S/C18H21N3O2S/c1-20-9-13(8-19-20)12-5-6-17-15(7-12)16-10-21(14-3-2-4-14)11-18(16)24(17,22)23/h5-9,14,16,18H,2-4,10-11H2,1H3. The van der Waals surface area contributed by atoms with Crippen LogP contribution in [0, 0.1) is 0 Å². The number of sulfone groups is 1. The number of nitrogens with zero attached hydrogens (tertiary/aromatic N) is 3. The first-order valence-corrected chi connectivity index (χ1v) is 10.2. The van der Waals surface area contributed by atoms with E-state index < -0.39 is 9.84 Å². The van der Waals surface area contributed by atoms with Crippen LogP contribution in [-0.4, -0.2) is 47.5 Å². The molecule has 0 N–H and O–H groups in total. The molecule has 2 aromatic rings. The molecule has 1 aromatic heterocycles. The molecular weight excluding hydrogens is 322 g/mol. The zero-order valence-corrected chi connectivity index (χ0v) is 14.5. The zero-order valence-electron chi connectivity index (χ0n) is 13.7. The van der Waals surface area contributed by atoms with Gasteiger partial charge in [-0.25, -0.2) is 8.42 Å². The van der Waals surface area contributed by atoms with Gasteiger partial charge in [-0.05, 0) is 36.1 Å². The first kappa shape index (κ1) is 14.7. The van der Waals surface area contributed by atoms with Gasteiger partial charge in [0, 0.05) is 43.9 Å². The third kappa shape index (κ3) is 1.96. The predicted octanol–water partition coefficient (Wildman–Crippen LogP) is 2.19. The van der Waals surface area contributed by atoms with Crippen molar-refractivity contribution >= 4 is 9.84 Å². The third-order valence-corrected chi connectivity index (χ3v) is 8.30. The van der Waals surface area contributed by atoms with Gasteiger partial charge in [0.15, 0.2) is 9.84 Å². The average Bonchev–Trinajstić information content (AvgIpc) is 3.15. The summed E-state index contributed by atoms with van der Waals surface area (Å²) >= 11 is 0. The van der Waals surface area contributed by atoms with Crippen molar-refractivity contribution in [2.45, 2.75) is 41.4 Å². The summed E-state index contributed by atoms with van der Waals surface area (Å²) in [5.41, 5.74) is 3.11. The molecule has 1 saturated heterocycles. The van der Waals surface area contributed by atoms with E-state index in [2.05, 4.69) is 16.1 Å². The van der Waals surface area contributed by atoms with Crippen LogP contribution >= 0.6 is 0 Å². The van der Waals surface area contributed by atoms with Crippen LogP contribution in [0.25, 0.3) is 11.1 Å². The second-order valence-corrected chi connectivity index (χ2v) is 9.52. The van der Waals surface area contributed by atoms with Gasteiger partial charge in [-0.1, -0.05) is 12.5 Å². The Hall–Kier alpha value is -1.66. The number of aromatic nitrogens is 2. The SMILES string of the molecule is Cn1cc(-c2ccc3c(c2)C2CN(C4CCC4)CC2S3(=O)=O)cn1. The lowest BCUT2D eigenvalue weighted by Gasteiger charge is -2.35. The van der Waals surface area contributed by atoms with Crippen LogP contribution in [0.4, 0.5) is 0 Å². The van der Waals surface area contributed by atoms with Gasteiger partial charge < -0.3 is 0 Å². The van der Waals surface area contributed by atoms with Gasteiger partial charge in [0.1, 0.15) is 0 Å². The molecule has 24 heavy (non-hydrogen) atoms. The van der Waals surface area contributed by atoms with E-state index in [0.29, 0.717) is 17.5 Å². The normalized spacial score (nSPS) is 28.5. The molecule has 0 bridgehead atoms. The lowest BCUT2D eigenvalue weighted by atomic mass is 9.91. The van der Waals surface area contributed by atoms with Crippen molar-refractivity contribution in [2.75, 3.05) is 13.1 Å².